The molecule has 0 heterocycles. The fourth-order valence-electron chi connectivity index (χ4n) is 1.96. The summed E-state index contributed by atoms with van der Waals surface area (Å²) in [5, 5.41) is 0. The third kappa shape index (κ3) is 2.46. The zero-order chi connectivity index (χ0) is 9.10. The van der Waals surface area contributed by atoms with Crippen molar-refractivity contribution in [2.45, 2.75) is 36.0 Å². The Morgan fingerprint density at radius 3 is 2.92 bits per heavy atom. The number of hydrogen-bond donors (Lipinski definition) is 0. The van der Waals surface area contributed by atoms with E-state index in [4.69, 9.17) is 0 Å². The minimum atomic E-state index is 0.709. The topological polar surface area (TPSA) is 0 Å². The Hall–Kier alpha value is -0.0500. The predicted molar refractivity (Wildman–Crippen MR) is 66.2 cm³/mol. The van der Waals surface area contributed by atoms with E-state index in [1.807, 2.05) is 0 Å². The molecule has 0 aliphatic heterocycles. The maximum atomic E-state index is 2.51. The van der Waals surface area contributed by atoms with Gasteiger partial charge in [-0.1, -0.05) is 46.9 Å². The third-order valence-corrected chi connectivity index (χ3v) is 3.55. The smallest absolute Gasteiger partial charge is 0.0332 e. The molecule has 2 aliphatic rings. The highest BCUT2D eigenvalue weighted by Gasteiger charge is 2.11. The van der Waals surface area contributed by atoms with Crippen molar-refractivity contribution in [3.8, 4) is 0 Å². The lowest BCUT2D eigenvalue weighted by Gasteiger charge is -2.17. The molecule has 0 aromatic heterocycles. The van der Waals surface area contributed by atoms with Crippen LogP contribution in [0.5, 0.6) is 0 Å². The van der Waals surface area contributed by atoms with Crippen LogP contribution in [0.4, 0.5) is 0 Å². The van der Waals surface area contributed by atoms with Crippen LogP contribution >= 0.6 is 22.6 Å². The Balaban J connectivity index is 2.15. The summed E-state index contributed by atoms with van der Waals surface area (Å²) in [6.07, 6.45) is 16.0. The van der Waals surface area contributed by atoms with Gasteiger partial charge in [0.2, 0.25) is 0 Å². The van der Waals surface area contributed by atoms with Crippen molar-refractivity contribution < 1.29 is 0 Å². The van der Waals surface area contributed by atoms with Crippen LogP contribution in [0.25, 0.3) is 0 Å². The van der Waals surface area contributed by atoms with Gasteiger partial charge in [-0.25, -0.2) is 0 Å². The predicted octanol–water partition coefficient (Wildman–Crippen LogP) is 4.18. The SMILES string of the molecule is IC1C=C(C2=CCCCC2)C=CC1. The molecule has 0 aromatic carbocycles. The van der Waals surface area contributed by atoms with Crippen LogP contribution in [0.3, 0.4) is 0 Å². The summed E-state index contributed by atoms with van der Waals surface area (Å²) in [7, 11) is 0. The number of halogens is 1. The molecule has 0 nitrogen and oxygen atoms in total. The second-order valence-electron chi connectivity index (χ2n) is 3.75. The molecule has 0 amide bonds. The van der Waals surface area contributed by atoms with E-state index in [1.54, 1.807) is 5.57 Å². The van der Waals surface area contributed by atoms with Gasteiger partial charge in [0.15, 0.2) is 0 Å². The summed E-state index contributed by atoms with van der Waals surface area (Å²) in [4.78, 5) is 0. The minimum absolute atomic E-state index is 0.709. The average Bonchev–Trinajstić information content (AvgIpc) is 2.19. The van der Waals surface area contributed by atoms with Crippen LogP contribution in [-0.4, -0.2) is 3.92 Å². The Bertz CT molecular complexity index is 271. The molecule has 0 aromatic rings. The van der Waals surface area contributed by atoms with Crippen molar-refractivity contribution in [2.24, 2.45) is 0 Å². The van der Waals surface area contributed by atoms with E-state index in [-0.39, 0.29) is 0 Å². The van der Waals surface area contributed by atoms with E-state index < -0.39 is 0 Å². The molecule has 0 spiro atoms. The molecule has 1 unspecified atom stereocenters. The highest BCUT2D eigenvalue weighted by Crippen LogP contribution is 2.28. The van der Waals surface area contributed by atoms with Crippen LogP contribution in [0.2, 0.25) is 0 Å². The molecule has 0 saturated carbocycles. The summed E-state index contributed by atoms with van der Waals surface area (Å²) in [5.41, 5.74) is 3.08. The number of allylic oxidation sites excluding steroid dienone is 6. The van der Waals surface area contributed by atoms with Gasteiger partial charge in [0, 0.05) is 3.92 Å². The zero-order valence-electron chi connectivity index (χ0n) is 7.80. The molecular weight excluding hydrogens is 271 g/mol. The van der Waals surface area contributed by atoms with Crippen molar-refractivity contribution in [2.75, 3.05) is 0 Å². The normalized spacial score (nSPS) is 28.2. The summed E-state index contributed by atoms with van der Waals surface area (Å²) in [6, 6.07) is 0. The summed E-state index contributed by atoms with van der Waals surface area (Å²) in [5.74, 6) is 0. The molecule has 0 saturated heterocycles. The van der Waals surface area contributed by atoms with E-state index >= 15 is 0 Å². The Kier molecular flexibility index (Phi) is 3.25. The average molecular weight is 286 g/mol. The van der Waals surface area contributed by atoms with Crippen LogP contribution < -0.4 is 0 Å². The molecule has 13 heavy (non-hydrogen) atoms. The van der Waals surface area contributed by atoms with Gasteiger partial charge in [-0.2, -0.15) is 0 Å². The molecule has 0 fully saturated rings. The van der Waals surface area contributed by atoms with Gasteiger partial charge in [-0.05, 0) is 43.3 Å². The molecule has 1 heteroatoms. The highest BCUT2D eigenvalue weighted by atomic mass is 127. The fourth-order valence-corrected chi connectivity index (χ4v) is 2.64. The van der Waals surface area contributed by atoms with Crippen LogP contribution in [0, 0.1) is 0 Å². The first-order valence-electron chi connectivity index (χ1n) is 5.08. The van der Waals surface area contributed by atoms with Gasteiger partial charge in [0.05, 0.1) is 0 Å². The molecular formula is C12H15I. The maximum Gasteiger partial charge on any atom is 0.0332 e. The molecule has 1 atom stereocenters. The first kappa shape index (κ1) is 9.50. The Morgan fingerprint density at radius 2 is 2.23 bits per heavy atom. The maximum absolute atomic E-state index is 2.51. The molecule has 2 rings (SSSR count). The third-order valence-electron chi connectivity index (χ3n) is 2.68. The second-order valence-corrected chi connectivity index (χ2v) is 5.35. The molecule has 0 N–H and O–H groups in total. The van der Waals surface area contributed by atoms with E-state index in [2.05, 4.69) is 46.9 Å². The minimum Gasteiger partial charge on any atom is -0.0826 e. The van der Waals surface area contributed by atoms with Crippen molar-refractivity contribution in [3.05, 3.63) is 35.5 Å². The van der Waals surface area contributed by atoms with Crippen LogP contribution in [-0.2, 0) is 0 Å². The van der Waals surface area contributed by atoms with Crippen molar-refractivity contribution >= 4 is 22.6 Å². The van der Waals surface area contributed by atoms with Gasteiger partial charge >= 0.3 is 0 Å². The van der Waals surface area contributed by atoms with Gasteiger partial charge in [0.25, 0.3) is 0 Å². The van der Waals surface area contributed by atoms with Crippen molar-refractivity contribution in [3.63, 3.8) is 0 Å². The highest BCUT2D eigenvalue weighted by molar-refractivity contribution is 14.1. The Morgan fingerprint density at radius 1 is 1.31 bits per heavy atom. The molecule has 2 aliphatic carbocycles. The van der Waals surface area contributed by atoms with Gasteiger partial charge in [0.1, 0.15) is 0 Å². The first-order chi connectivity index (χ1) is 6.36. The summed E-state index contributed by atoms with van der Waals surface area (Å²) < 4.78 is 0.709. The summed E-state index contributed by atoms with van der Waals surface area (Å²) in [6.45, 7) is 0. The van der Waals surface area contributed by atoms with Crippen molar-refractivity contribution in [1.82, 2.24) is 0 Å². The lowest BCUT2D eigenvalue weighted by atomic mass is 9.91. The van der Waals surface area contributed by atoms with Gasteiger partial charge in [-0.15, -0.1) is 0 Å². The largest absolute Gasteiger partial charge is 0.0826 e. The lowest BCUT2D eigenvalue weighted by molar-refractivity contribution is 0.707. The monoisotopic (exact) mass is 286 g/mol. The number of rotatable bonds is 1. The van der Waals surface area contributed by atoms with Crippen LogP contribution in [0.1, 0.15) is 32.1 Å². The standard InChI is InChI=1S/C12H15I/c13-12-8-4-7-11(9-12)10-5-2-1-3-6-10/h4-5,7,9,12H,1-3,6,8H2. The number of hydrogen-bond acceptors (Lipinski definition) is 0. The van der Waals surface area contributed by atoms with E-state index in [1.165, 1.54) is 37.7 Å². The first-order valence-corrected chi connectivity index (χ1v) is 6.32. The van der Waals surface area contributed by atoms with Gasteiger partial charge in [-0.3, -0.25) is 0 Å². The van der Waals surface area contributed by atoms with Crippen molar-refractivity contribution in [1.29, 1.82) is 0 Å². The summed E-state index contributed by atoms with van der Waals surface area (Å²) >= 11 is 2.51. The lowest BCUT2D eigenvalue weighted by Crippen LogP contribution is -2.01. The number of alkyl halides is 1. The fraction of sp³-hybridized carbons (Fsp3) is 0.500. The molecule has 70 valence electrons. The molecule has 0 bridgehead atoms. The van der Waals surface area contributed by atoms with E-state index in [9.17, 15) is 0 Å². The Labute approximate surface area is 93.9 Å². The van der Waals surface area contributed by atoms with Crippen LogP contribution in [0.15, 0.2) is 35.5 Å². The zero-order valence-corrected chi connectivity index (χ0v) is 9.96. The van der Waals surface area contributed by atoms with E-state index in [0.717, 1.165) is 0 Å². The van der Waals surface area contributed by atoms with Gasteiger partial charge < -0.3 is 0 Å². The quantitative estimate of drug-likeness (QED) is 0.501. The van der Waals surface area contributed by atoms with E-state index in [0.29, 0.717) is 3.92 Å². The second kappa shape index (κ2) is 4.45. The molecule has 0 radical (unpaired) electrons.